The highest BCUT2D eigenvalue weighted by Crippen LogP contribution is 2.16. The van der Waals surface area contributed by atoms with E-state index in [1.165, 1.54) is 0 Å². The molecule has 1 rings (SSSR count). The number of ether oxygens (including phenoxy) is 2. The van der Waals surface area contributed by atoms with Gasteiger partial charge in [0.05, 0.1) is 6.61 Å². The average Bonchev–Trinajstić information content (AvgIpc) is 2.30. The first-order valence-electron chi connectivity index (χ1n) is 5.91. The fourth-order valence-electron chi connectivity index (χ4n) is 1.41. The van der Waals surface area contributed by atoms with Crippen molar-refractivity contribution in [3.8, 4) is 5.75 Å². The van der Waals surface area contributed by atoms with Gasteiger partial charge in [0.2, 0.25) is 0 Å². The van der Waals surface area contributed by atoms with Gasteiger partial charge >= 0.3 is 0 Å². The summed E-state index contributed by atoms with van der Waals surface area (Å²) in [7, 11) is 0. The SMILES string of the molecule is CCOCCCNc1cccc(OCC)c1. The average molecular weight is 223 g/mol. The lowest BCUT2D eigenvalue weighted by atomic mass is 10.3. The maximum absolute atomic E-state index is 5.43. The molecule has 1 N–H and O–H groups in total. The van der Waals surface area contributed by atoms with Crippen LogP contribution in [0.5, 0.6) is 5.75 Å². The molecule has 1 aromatic carbocycles. The summed E-state index contributed by atoms with van der Waals surface area (Å²) in [6.07, 6.45) is 1.02. The first kappa shape index (κ1) is 12.8. The summed E-state index contributed by atoms with van der Waals surface area (Å²) in [5, 5.41) is 3.34. The third-order valence-electron chi connectivity index (χ3n) is 2.14. The zero-order valence-electron chi connectivity index (χ0n) is 10.2. The van der Waals surface area contributed by atoms with Crippen LogP contribution in [0.25, 0.3) is 0 Å². The normalized spacial score (nSPS) is 10.1. The zero-order chi connectivity index (χ0) is 11.6. The molecule has 0 atom stereocenters. The predicted octanol–water partition coefficient (Wildman–Crippen LogP) is 2.92. The molecule has 0 aliphatic heterocycles. The molecule has 90 valence electrons. The molecular weight excluding hydrogens is 202 g/mol. The smallest absolute Gasteiger partial charge is 0.121 e. The van der Waals surface area contributed by atoms with Crippen LogP contribution >= 0.6 is 0 Å². The first-order valence-corrected chi connectivity index (χ1v) is 5.91. The lowest BCUT2D eigenvalue weighted by Crippen LogP contribution is -2.05. The standard InChI is InChI=1S/C13H21NO2/c1-3-15-10-6-9-14-12-7-5-8-13(11-12)16-4-2/h5,7-8,11,14H,3-4,6,9-10H2,1-2H3. The Morgan fingerprint density at radius 1 is 1.19 bits per heavy atom. The minimum atomic E-state index is 0.702. The van der Waals surface area contributed by atoms with E-state index in [4.69, 9.17) is 9.47 Å². The van der Waals surface area contributed by atoms with Gasteiger partial charge in [0.25, 0.3) is 0 Å². The van der Waals surface area contributed by atoms with Crippen molar-refractivity contribution in [1.82, 2.24) is 0 Å². The molecule has 0 radical (unpaired) electrons. The van der Waals surface area contributed by atoms with Crippen LogP contribution in [0.1, 0.15) is 20.3 Å². The van der Waals surface area contributed by atoms with Gasteiger partial charge in [0.1, 0.15) is 5.75 Å². The van der Waals surface area contributed by atoms with Crippen LogP contribution < -0.4 is 10.1 Å². The van der Waals surface area contributed by atoms with Gasteiger partial charge < -0.3 is 14.8 Å². The molecule has 0 aromatic heterocycles. The van der Waals surface area contributed by atoms with Crippen molar-refractivity contribution in [3.05, 3.63) is 24.3 Å². The van der Waals surface area contributed by atoms with Crippen molar-refractivity contribution in [3.63, 3.8) is 0 Å². The van der Waals surface area contributed by atoms with Gasteiger partial charge in [-0.2, -0.15) is 0 Å². The highest BCUT2D eigenvalue weighted by Gasteiger charge is 1.95. The predicted molar refractivity (Wildman–Crippen MR) is 67.2 cm³/mol. The molecule has 0 fully saturated rings. The van der Waals surface area contributed by atoms with Gasteiger partial charge in [-0.05, 0) is 32.4 Å². The Labute approximate surface area is 97.8 Å². The summed E-state index contributed by atoms with van der Waals surface area (Å²) in [6, 6.07) is 8.03. The highest BCUT2D eigenvalue weighted by molar-refractivity contribution is 5.48. The number of benzene rings is 1. The van der Waals surface area contributed by atoms with E-state index in [1.54, 1.807) is 0 Å². The molecule has 0 saturated carbocycles. The van der Waals surface area contributed by atoms with Crippen molar-refractivity contribution < 1.29 is 9.47 Å². The van der Waals surface area contributed by atoms with E-state index in [-0.39, 0.29) is 0 Å². The molecule has 0 aliphatic carbocycles. The third kappa shape index (κ3) is 5.03. The summed E-state index contributed by atoms with van der Waals surface area (Å²) >= 11 is 0. The summed E-state index contributed by atoms with van der Waals surface area (Å²) in [4.78, 5) is 0. The van der Waals surface area contributed by atoms with E-state index in [0.29, 0.717) is 6.61 Å². The van der Waals surface area contributed by atoms with E-state index in [0.717, 1.165) is 37.6 Å². The Morgan fingerprint density at radius 3 is 2.81 bits per heavy atom. The number of rotatable bonds is 8. The van der Waals surface area contributed by atoms with Crippen LogP contribution in [0.4, 0.5) is 5.69 Å². The van der Waals surface area contributed by atoms with E-state index < -0.39 is 0 Å². The van der Waals surface area contributed by atoms with Crippen molar-refractivity contribution in [2.75, 3.05) is 31.7 Å². The van der Waals surface area contributed by atoms with Gasteiger partial charge in [-0.3, -0.25) is 0 Å². The number of nitrogens with one attached hydrogen (secondary N) is 1. The Morgan fingerprint density at radius 2 is 2.06 bits per heavy atom. The number of anilines is 1. The molecule has 1 aromatic rings. The van der Waals surface area contributed by atoms with E-state index in [9.17, 15) is 0 Å². The summed E-state index contributed by atoms with van der Waals surface area (Å²) in [5.41, 5.74) is 1.10. The van der Waals surface area contributed by atoms with Gasteiger partial charge in [-0.15, -0.1) is 0 Å². The number of hydrogen-bond donors (Lipinski definition) is 1. The van der Waals surface area contributed by atoms with Crippen LogP contribution in [0, 0.1) is 0 Å². The van der Waals surface area contributed by atoms with Crippen LogP contribution in [-0.4, -0.2) is 26.4 Å². The van der Waals surface area contributed by atoms with Crippen molar-refractivity contribution >= 4 is 5.69 Å². The molecule has 0 unspecified atom stereocenters. The van der Waals surface area contributed by atoms with Crippen LogP contribution in [0.2, 0.25) is 0 Å². The molecule has 16 heavy (non-hydrogen) atoms. The van der Waals surface area contributed by atoms with Gasteiger partial charge in [-0.1, -0.05) is 6.07 Å². The molecule has 0 amide bonds. The van der Waals surface area contributed by atoms with Crippen molar-refractivity contribution in [1.29, 1.82) is 0 Å². The van der Waals surface area contributed by atoms with E-state index in [2.05, 4.69) is 5.32 Å². The molecule has 0 aliphatic rings. The summed E-state index contributed by atoms with van der Waals surface area (Å²) in [5.74, 6) is 0.914. The van der Waals surface area contributed by atoms with Crippen LogP contribution in [-0.2, 0) is 4.74 Å². The van der Waals surface area contributed by atoms with E-state index in [1.807, 2.05) is 38.1 Å². The van der Waals surface area contributed by atoms with Crippen LogP contribution in [0.15, 0.2) is 24.3 Å². The highest BCUT2D eigenvalue weighted by atomic mass is 16.5. The molecule has 0 spiro atoms. The van der Waals surface area contributed by atoms with Gasteiger partial charge in [0.15, 0.2) is 0 Å². The molecule has 0 saturated heterocycles. The topological polar surface area (TPSA) is 30.5 Å². The second kappa shape index (κ2) is 7.99. The molecule has 3 nitrogen and oxygen atoms in total. The minimum absolute atomic E-state index is 0.702. The summed E-state index contributed by atoms with van der Waals surface area (Å²) < 4.78 is 10.7. The Balaban J connectivity index is 2.27. The Hall–Kier alpha value is -1.22. The third-order valence-corrected chi connectivity index (χ3v) is 2.14. The maximum Gasteiger partial charge on any atom is 0.121 e. The largest absolute Gasteiger partial charge is 0.494 e. The maximum atomic E-state index is 5.43. The Kier molecular flexibility index (Phi) is 6.42. The fraction of sp³-hybridized carbons (Fsp3) is 0.538. The monoisotopic (exact) mass is 223 g/mol. The fourth-order valence-corrected chi connectivity index (χ4v) is 1.41. The minimum Gasteiger partial charge on any atom is -0.494 e. The zero-order valence-corrected chi connectivity index (χ0v) is 10.2. The molecule has 0 bridgehead atoms. The molecular formula is C13H21NO2. The van der Waals surface area contributed by atoms with Gasteiger partial charge in [0, 0.05) is 31.5 Å². The van der Waals surface area contributed by atoms with Gasteiger partial charge in [-0.25, -0.2) is 0 Å². The van der Waals surface area contributed by atoms with Crippen molar-refractivity contribution in [2.45, 2.75) is 20.3 Å². The van der Waals surface area contributed by atoms with Crippen molar-refractivity contribution in [2.24, 2.45) is 0 Å². The second-order valence-electron chi connectivity index (χ2n) is 3.44. The molecule has 3 heteroatoms. The second-order valence-corrected chi connectivity index (χ2v) is 3.44. The quantitative estimate of drug-likeness (QED) is 0.687. The Bertz CT molecular complexity index is 289. The lowest BCUT2D eigenvalue weighted by molar-refractivity contribution is 0.147. The lowest BCUT2D eigenvalue weighted by Gasteiger charge is -2.08. The molecule has 0 heterocycles. The van der Waals surface area contributed by atoms with Crippen LogP contribution in [0.3, 0.4) is 0 Å². The van der Waals surface area contributed by atoms with E-state index >= 15 is 0 Å². The number of hydrogen-bond acceptors (Lipinski definition) is 3. The summed E-state index contributed by atoms with van der Waals surface area (Å²) in [6.45, 7) is 7.24. The first-order chi connectivity index (χ1) is 7.86.